The molecule has 160 valence electrons. The second-order valence-corrected chi connectivity index (χ2v) is 7.98. The number of carbonyl (C=O) groups is 2. The number of aliphatic hydroxyl groups is 2. The monoisotopic (exact) mass is 408 g/mol. The average Bonchev–Trinajstić information content (AvgIpc) is 3.12. The Hall–Kier alpha value is -2.00. The molecule has 29 heavy (non-hydrogen) atoms. The molecule has 0 aliphatic carbocycles. The highest BCUT2D eigenvalue weighted by Gasteiger charge is 2.59. The number of hydrogen-bond donors (Lipinski definition) is 2. The van der Waals surface area contributed by atoms with Gasteiger partial charge < -0.3 is 29.2 Å². The average molecular weight is 408 g/mol. The second-order valence-electron chi connectivity index (χ2n) is 7.98. The highest BCUT2D eigenvalue weighted by molar-refractivity contribution is 5.92. The summed E-state index contributed by atoms with van der Waals surface area (Å²) < 4.78 is 22.9. The lowest BCUT2D eigenvalue weighted by Gasteiger charge is -2.35. The molecular weight excluding hydrogens is 380 g/mol. The molecule has 0 aromatic rings. The SMILES string of the molecule is C=C1C(=O)OC2C=C(CO)C3(OC)CC(O)C(C)(CC(OC(=O)C(C)=CC)C12)O3. The van der Waals surface area contributed by atoms with Crippen LogP contribution in [0.5, 0.6) is 0 Å². The number of esters is 2. The maximum Gasteiger partial charge on any atom is 0.334 e. The van der Waals surface area contributed by atoms with Crippen molar-refractivity contribution in [2.24, 2.45) is 5.92 Å². The fourth-order valence-corrected chi connectivity index (χ4v) is 4.26. The zero-order chi connectivity index (χ0) is 21.6. The highest BCUT2D eigenvalue weighted by atomic mass is 16.7. The van der Waals surface area contributed by atoms with Crippen LogP contribution >= 0.6 is 0 Å². The van der Waals surface area contributed by atoms with Crippen LogP contribution in [0, 0.1) is 5.92 Å². The molecule has 3 heterocycles. The van der Waals surface area contributed by atoms with Crippen molar-refractivity contribution in [1.82, 2.24) is 0 Å². The molecule has 2 saturated heterocycles. The van der Waals surface area contributed by atoms with E-state index in [1.807, 2.05) is 0 Å². The molecule has 0 spiro atoms. The summed E-state index contributed by atoms with van der Waals surface area (Å²) in [6.07, 6.45) is 0.738. The van der Waals surface area contributed by atoms with Crippen LogP contribution in [0.3, 0.4) is 0 Å². The minimum Gasteiger partial charge on any atom is -0.458 e. The smallest absolute Gasteiger partial charge is 0.334 e. The lowest BCUT2D eigenvalue weighted by atomic mass is 9.80. The van der Waals surface area contributed by atoms with Gasteiger partial charge >= 0.3 is 11.9 Å². The first kappa shape index (κ1) is 21.7. The Morgan fingerprint density at radius 2 is 2.14 bits per heavy atom. The maximum absolute atomic E-state index is 12.5. The lowest BCUT2D eigenvalue weighted by molar-refractivity contribution is -0.225. The molecule has 8 heteroatoms. The number of fused-ring (bicyclic) bond motifs is 3. The van der Waals surface area contributed by atoms with Gasteiger partial charge in [-0.1, -0.05) is 12.7 Å². The summed E-state index contributed by atoms with van der Waals surface area (Å²) in [4.78, 5) is 24.8. The van der Waals surface area contributed by atoms with Gasteiger partial charge in [0.2, 0.25) is 0 Å². The fraction of sp³-hybridized carbons (Fsp3) is 0.619. The molecule has 3 rings (SSSR count). The van der Waals surface area contributed by atoms with Gasteiger partial charge in [0.25, 0.3) is 0 Å². The number of hydrogen-bond acceptors (Lipinski definition) is 8. The topological polar surface area (TPSA) is 112 Å². The Balaban J connectivity index is 2.11. The largest absolute Gasteiger partial charge is 0.458 e. The molecule has 0 aromatic heterocycles. The zero-order valence-corrected chi connectivity index (χ0v) is 17.1. The van der Waals surface area contributed by atoms with Crippen molar-refractivity contribution in [3.05, 3.63) is 35.5 Å². The zero-order valence-electron chi connectivity index (χ0n) is 17.1. The van der Waals surface area contributed by atoms with Crippen molar-refractivity contribution in [2.45, 2.75) is 63.3 Å². The number of aliphatic hydroxyl groups excluding tert-OH is 2. The van der Waals surface area contributed by atoms with Crippen LogP contribution < -0.4 is 0 Å². The summed E-state index contributed by atoms with van der Waals surface area (Å²) in [6, 6.07) is 0. The van der Waals surface area contributed by atoms with Crippen molar-refractivity contribution in [2.75, 3.05) is 13.7 Å². The first-order chi connectivity index (χ1) is 13.6. The summed E-state index contributed by atoms with van der Waals surface area (Å²) in [5, 5.41) is 20.8. The van der Waals surface area contributed by atoms with Gasteiger partial charge in [-0.05, 0) is 26.8 Å². The van der Waals surface area contributed by atoms with Crippen LogP contribution in [0.15, 0.2) is 35.5 Å². The molecule has 6 unspecified atom stereocenters. The third-order valence-electron chi connectivity index (χ3n) is 6.20. The minimum atomic E-state index is -1.37. The number of allylic oxidation sites excluding steroid dienone is 1. The number of rotatable bonds is 4. The van der Waals surface area contributed by atoms with Crippen molar-refractivity contribution in [3.8, 4) is 0 Å². The van der Waals surface area contributed by atoms with Crippen LogP contribution in [0.25, 0.3) is 0 Å². The molecule has 3 aliphatic heterocycles. The molecule has 0 saturated carbocycles. The second kappa shape index (κ2) is 7.68. The molecular formula is C21H28O8. The van der Waals surface area contributed by atoms with Crippen molar-refractivity contribution in [1.29, 1.82) is 0 Å². The first-order valence-corrected chi connectivity index (χ1v) is 9.60. The van der Waals surface area contributed by atoms with Gasteiger partial charge in [-0.25, -0.2) is 9.59 Å². The Bertz CT molecular complexity index is 784. The molecule has 2 bridgehead atoms. The van der Waals surface area contributed by atoms with Crippen LogP contribution in [-0.4, -0.2) is 65.6 Å². The van der Waals surface area contributed by atoms with Gasteiger partial charge in [-0.3, -0.25) is 0 Å². The third-order valence-corrected chi connectivity index (χ3v) is 6.20. The fourth-order valence-electron chi connectivity index (χ4n) is 4.26. The van der Waals surface area contributed by atoms with Crippen LogP contribution in [0.2, 0.25) is 0 Å². The molecule has 0 amide bonds. The summed E-state index contributed by atoms with van der Waals surface area (Å²) >= 11 is 0. The molecule has 0 radical (unpaired) electrons. The van der Waals surface area contributed by atoms with E-state index in [0.29, 0.717) is 11.1 Å². The highest BCUT2D eigenvalue weighted by Crippen LogP contribution is 2.49. The summed E-state index contributed by atoms with van der Waals surface area (Å²) in [5.41, 5.74) is -0.244. The van der Waals surface area contributed by atoms with Gasteiger partial charge in [-0.2, -0.15) is 0 Å². The quantitative estimate of drug-likeness (QED) is 0.405. The Kier molecular flexibility index (Phi) is 5.75. The van der Waals surface area contributed by atoms with E-state index in [-0.39, 0.29) is 18.4 Å². The number of ether oxygens (including phenoxy) is 4. The van der Waals surface area contributed by atoms with Gasteiger partial charge in [0, 0.05) is 36.7 Å². The summed E-state index contributed by atoms with van der Waals surface area (Å²) in [7, 11) is 1.42. The van der Waals surface area contributed by atoms with E-state index in [4.69, 9.17) is 18.9 Å². The van der Waals surface area contributed by atoms with Crippen molar-refractivity contribution < 1.29 is 38.7 Å². The Morgan fingerprint density at radius 3 is 2.72 bits per heavy atom. The van der Waals surface area contributed by atoms with E-state index < -0.39 is 54.2 Å². The molecule has 8 nitrogen and oxygen atoms in total. The molecule has 3 aliphatic rings. The van der Waals surface area contributed by atoms with Gasteiger partial charge in [0.15, 0.2) is 5.79 Å². The predicted octanol–water partition coefficient (Wildman–Crippen LogP) is 1.17. The van der Waals surface area contributed by atoms with E-state index in [1.165, 1.54) is 7.11 Å². The molecule has 2 fully saturated rings. The minimum absolute atomic E-state index is 0.0766. The van der Waals surface area contributed by atoms with Gasteiger partial charge in [-0.15, -0.1) is 0 Å². The van der Waals surface area contributed by atoms with Gasteiger partial charge in [0.05, 0.1) is 24.2 Å². The summed E-state index contributed by atoms with van der Waals surface area (Å²) in [5.74, 6) is -3.19. The first-order valence-electron chi connectivity index (χ1n) is 9.60. The molecule has 0 aromatic carbocycles. The van der Waals surface area contributed by atoms with Crippen LogP contribution in [0.4, 0.5) is 0 Å². The Morgan fingerprint density at radius 1 is 1.45 bits per heavy atom. The van der Waals surface area contributed by atoms with E-state index in [9.17, 15) is 19.8 Å². The summed E-state index contributed by atoms with van der Waals surface area (Å²) in [6.45, 7) is 8.45. The van der Waals surface area contributed by atoms with Gasteiger partial charge in [0.1, 0.15) is 12.2 Å². The normalized spacial score (nSPS) is 39.8. The molecule has 6 atom stereocenters. The Labute approximate surface area is 169 Å². The van der Waals surface area contributed by atoms with E-state index in [2.05, 4.69) is 6.58 Å². The molecule has 2 N–H and O–H groups in total. The standard InChI is InChI=1S/C21H28O8/c1-6-11(2)18(24)28-15-8-20(4)16(23)9-21(26-5,29-20)13(10-22)7-14-17(15)12(3)19(25)27-14/h6-7,14-17,22-23H,3,8-10H2,1-2,4-5H3. The third kappa shape index (κ3) is 3.54. The van der Waals surface area contributed by atoms with Crippen LogP contribution in [0.1, 0.15) is 33.6 Å². The maximum atomic E-state index is 12.5. The van der Waals surface area contributed by atoms with E-state index in [1.54, 1.807) is 32.9 Å². The van der Waals surface area contributed by atoms with Crippen molar-refractivity contribution in [3.63, 3.8) is 0 Å². The van der Waals surface area contributed by atoms with E-state index >= 15 is 0 Å². The number of carbonyl (C=O) groups excluding carboxylic acids is 2. The lowest BCUT2D eigenvalue weighted by Crippen LogP contribution is -2.45. The number of methoxy groups -OCH3 is 1. The van der Waals surface area contributed by atoms with Crippen LogP contribution in [-0.2, 0) is 28.5 Å². The predicted molar refractivity (Wildman–Crippen MR) is 101 cm³/mol. The van der Waals surface area contributed by atoms with E-state index in [0.717, 1.165) is 0 Å². The van der Waals surface area contributed by atoms with Crippen molar-refractivity contribution >= 4 is 11.9 Å².